The summed E-state index contributed by atoms with van der Waals surface area (Å²) in [7, 11) is 0. The van der Waals surface area contributed by atoms with Crippen LogP contribution in [-0.2, 0) is 0 Å². The number of hydrogen-bond donors (Lipinski definition) is 2. The molecular weight excluding hydrogens is 202 g/mol. The molecule has 0 spiro atoms. The van der Waals surface area contributed by atoms with Crippen molar-refractivity contribution in [3.8, 4) is 0 Å². The van der Waals surface area contributed by atoms with Gasteiger partial charge in [0, 0.05) is 12.6 Å². The molecule has 88 valence electrons. The summed E-state index contributed by atoms with van der Waals surface area (Å²) in [6.07, 6.45) is 7.86. The van der Waals surface area contributed by atoms with E-state index in [1.165, 1.54) is 25.7 Å². The predicted octanol–water partition coefficient (Wildman–Crippen LogP) is 2.05. The summed E-state index contributed by atoms with van der Waals surface area (Å²) in [5.41, 5.74) is 0. The van der Waals surface area contributed by atoms with E-state index >= 15 is 0 Å². The van der Waals surface area contributed by atoms with Gasteiger partial charge < -0.3 is 10.6 Å². The Kier molecular flexibility index (Phi) is 3.91. The Morgan fingerprint density at radius 1 is 1.38 bits per heavy atom. The Hall–Kier alpha value is -1.39. The molecule has 16 heavy (non-hydrogen) atoms. The van der Waals surface area contributed by atoms with Crippen LogP contribution in [0, 0.1) is 0 Å². The molecule has 0 amide bonds. The van der Waals surface area contributed by atoms with Gasteiger partial charge in [-0.25, -0.2) is 0 Å². The Morgan fingerprint density at radius 3 is 2.94 bits per heavy atom. The van der Waals surface area contributed by atoms with Gasteiger partial charge in [0.1, 0.15) is 0 Å². The van der Waals surface area contributed by atoms with Crippen LogP contribution in [0.5, 0.6) is 0 Å². The van der Waals surface area contributed by atoms with Gasteiger partial charge in [0.2, 0.25) is 5.95 Å². The van der Waals surface area contributed by atoms with Gasteiger partial charge in [0.05, 0.1) is 6.20 Å². The standard InChI is InChI=1S/C11H19N5/c1-2-7-12-11-15-10(8-13-16-11)14-9-5-3-4-6-9/h8-9H,2-7H2,1H3,(H2,12,14,15,16). The third-order valence-corrected chi connectivity index (χ3v) is 2.80. The topological polar surface area (TPSA) is 62.7 Å². The van der Waals surface area contributed by atoms with Crippen LogP contribution >= 0.6 is 0 Å². The van der Waals surface area contributed by atoms with Gasteiger partial charge in [-0.2, -0.15) is 10.1 Å². The fourth-order valence-corrected chi connectivity index (χ4v) is 1.96. The first-order valence-electron chi connectivity index (χ1n) is 6.08. The molecule has 0 aromatic carbocycles. The number of hydrogen-bond acceptors (Lipinski definition) is 5. The van der Waals surface area contributed by atoms with E-state index in [1.54, 1.807) is 6.20 Å². The second-order valence-electron chi connectivity index (χ2n) is 4.22. The van der Waals surface area contributed by atoms with Crippen molar-refractivity contribution in [2.75, 3.05) is 17.2 Å². The van der Waals surface area contributed by atoms with Crippen LogP contribution in [0.3, 0.4) is 0 Å². The lowest BCUT2D eigenvalue weighted by Gasteiger charge is -2.12. The summed E-state index contributed by atoms with van der Waals surface area (Å²) in [6.45, 7) is 3.00. The molecule has 0 radical (unpaired) electrons. The van der Waals surface area contributed by atoms with E-state index in [9.17, 15) is 0 Å². The second kappa shape index (κ2) is 5.63. The monoisotopic (exact) mass is 221 g/mol. The lowest BCUT2D eigenvalue weighted by atomic mass is 10.2. The third kappa shape index (κ3) is 3.05. The number of nitrogens with one attached hydrogen (secondary N) is 2. The maximum Gasteiger partial charge on any atom is 0.244 e. The van der Waals surface area contributed by atoms with E-state index in [-0.39, 0.29) is 0 Å². The Morgan fingerprint density at radius 2 is 2.19 bits per heavy atom. The van der Waals surface area contributed by atoms with E-state index in [0.29, 0.717) is 12.0 Å². The molecule has 0 unspecified atom stereocenters. The highest BCUT2D eigenvalue weighted by Gasteiger charge is 2.15. The molecule has 5 heteroatoms. The maximum absolute atomic E-state index is 4.38. The van der Waals surface area contributed by atoms with E-state index in [0.717, 1.165) is 18.8 Å². The average molecular weight is 221 g/mol. The number of rotatable bonds is 5. The van der Waals surface area contributed by atoms with Crippen LogP contribution in [-0.4, -0.2) is 27.8 Å². The van der Waals surface area contributed by atoms with Crippen LogP contribution in [0.15, 0.2) is 6.20 Å². The minimum atomic E-state index is 0.565. The van der Waals surface area contributed by atoms with Gasteiger partial charge in [0.15, 0.2) is 5.82 Å². The molecule has 0 aliphatic heterocycles. The minimum absolute atomic E-state index is 0.565. The summed E-state index contributed by atoms with van der Waals surface area (Å²) >= 11 is 0. The van der Waals surface area contributed by atoms with Gasteiger partial charge in [-0.3, -0.25) is 0 Å². The molecule has 0 atom stereocenters. The smallest absolute Gasteiger partial charge is 0.244 e. The van der Waals surface area contributed by atoms with Gasteiger partial charge >= 0.3 is 0 Å². The van der Waals surface area contributed by atoms with E-state index < -0.39 is 0 Å². The highest BCUT2D eigenvalue weighted by atomic mass is 15.3. The summed E-state index contributed by atoms with van der Waals surface area (Å²) in [4.78, 5) is 4.38. The zero-order chi connectivity index (χ0) is 11.2. The van der Waals surface area contributed by atoms with Crippen molar-refractivity contribution in [3.05, 3.63) is 6.20 Å². The minimum Gasteiger partial charge on any atom is -0.366 e. The molecule has 1 aromatic rings. The molecule has 1 saturated carbocycles. The van der Waals surface area contributed by atoms with Crippen molar-refractivity contribution in [1.82, 2.24) is 15.2 Å². The fourth-order valence-electron chi connectivity index (χ4n) is 1.96. The number of nitrogens with zero attached hydrogens (tertiary/aromatic N) is 3. The van der Waals surface area contributed by atoms with Gasteiger partial charge in [-0.05, 0) is 19.3 Å². The lowest BCUT2D eigenvalue weighted by molar-refractivity contribution is 0.746. The summed E-state index contributed by atoms with van der Waals surface area (Å²) in [5, 5.41) is 14.4. The van der Waals surface area contributed by atoms with Crippen LogP contribution in [0.4, 0.5) is 11.8 Å². The Balaban J connectivity index is 1.92. The molecule has 1 aromatic heterocycles. The molecule has 0 saturated heterocycles. The summed E-state index contributed by atoms with van der Waals surface area (Å²) < 4.78 is 0. The van der Waals surface area contributed by atoms with E-state index in [4.69, 9.17) is 0 Å². The maximum atomic E-state index is 4.38. The molecule has 1 aliphatic rings. The lowest BCUT2D eigenvalue weighted by Crippen LogP contribution is -2.16. The van der Waals surface area contributed by atoms with Crippen LogP contribution < -0.4 is 10.6 Å². The normalized spacial score (nSPS) is 16.3. The predicted molar refractivity (Wildman–Crippen MR) is 64.5 cm³/mol. The van der Waals surface area contributed by atoms with Crippen LogP contribution in [0.1, 0.15) is 39.0 Å². The van der Waals surface area contributed by atoms with Gasteiger partial charge in [-0.1, -0.05) is 19.8 Å². The SMILES string of the molecule is CCCNc1nncc(NC2CCCC2)n1. The Labute approximate surface area is 96.1 Å². The zero-order valence-corrected chi connectivity index (χ0v) is 9.74. The highest BCUT2D eigenvalue weighted by molar-refractivity contribution is 5.37. The first kappa shape index (κ1) is 11.1. The molecule has 5 nitrogen and oxygen atoms in total. The molecule has 0 bridgehead atoms. The first-order chi connectivity index (χ1) is 7.88. The number of anilines is 2. The van der Waals surface area contributed by atoms with E-state index in [1.807, 2.05) is 0 Å². The van der Waals surface area contributed by atoms with Gasteiger partial charge in [0.25, 0.3) is 0 Å². The molecular formula is C11H19N5. The molecule has 2 rings (SSSR count). The van der Waals surface area contributed by atoms with Gasteiger partial charge in [-0.15, -0.1) is 5.10 Å². The van der Waals surface area contributed by atoms with Crippen molar-refractivity contribution >= 4 is 11.8 Å². The third-order valence-electron chi connectivity index (χ3n) is 2.80. The van der Waals surface area contributed by atoms with Crippen molar-refractivity contribution in [1.29, 1.82) is 0 Å². The second-order valence-corrected chi connectivity index (χ2v) is 4.22. The first-order valence-corrected chi connectivity index (χ1v) is 6.08. The van der Waals surface area contributed by atoms with E-state index in [2.05, 4.69) is 32.7 Å². The zero-order valence-electron chi connectivity index (χ0n) is 9.74. The van der Waals surface area contributed by atoms with Crippen molar-refractivity contribution < 1.29 is 0 Å². The van der Waals surface area contributed by atoms with Crippen molar-refractivity contribution in [2.45, 2.75) is 45.1 Å². The molecule has 1 aliphatic carbocycles. The number of aromatic nitrogens is 3. The summed E-state index contributed by atoms with van der Waals surface area (Å²) in [6, 6.07) is 0.565. The fraction of sp³-hybridized carbons (Fsp3) is 0.727. The molecule has 1 heterocycles. The van der Waals surface area contributed by atoms with Crippen molar-refractivity contribution in [3.63, 3.8) is 0 Å². The average Bonchev–Trinajstić information content (AvgIpc) is 2.80. The van der Waals surface area contributed by atoms with Crippen LogP contribution in [0.2, 0.25) is 0 Å². The van der Waals surface area contributed by atoms with Crippen LogP contribution in [0.25, 0.3) is 0 Å². The highest BCUT2D eigenvalue weighted by Crippen LogP contribution is 2.21. The largest absolute Gasteiger partial charge is 0.366 e. The van der Waals surface area contributed by atoms with Crippen molar-refractivity contribution in [2.24, 2.45) is 0 Å². The molecule has 2 N–H and O–H groups in total. The quantitative estimate of drug-likeness (QED) is 0.796. The molecule has 1 fully saturated rings. The Bertz CT molecular complexity index is 322. The summed E-state index contributed by atoms with van der Waals surface area (Å²) in [5.74, 6) is 1.45.